The van der Waals surface area contributed by atoms with Gasteiger partial charge in [-0.25, -0.2) is 19.3 Å². The van der Waals surface area contributed by atoms with E-state index >= 15 is 4.39 Å². The van der Waals surface area contributed by atoms with Gasteiger partial charge >= 0.3 is 0 Å². The number of carbonyl (C=O) groups is 4. The smallest absolute Gasteiger partial charge is 0.279 e. The Bertz CT molecular complexity index is 2750. The van der Waals surface area contributed by atoms with Gasteiger partial charge in [-0.05, 0) is 64.1 Å². The molecule has 63 heavy (non-hydrogen) atoms. The van der Waals surface area contributed by atoms with Crippen LogP contribution in [0, 0.1) is 19.7 Å². The fraction of sp³-hybridized carbons (Fsp3) is 0.381. The number of aryl methyl sites for hydroxylation is 4. The molecule has 5 heterocycles. The van der Waals surface area contributed by atoms with Gasteiger partial charge in [-0.2, -0.15) is 5.10 Å². The summed E-state index contributed by atoms with van der Waals surface area (Å²) in [5.41, 5.74) is 14.3. The third-order valence-electron chi connectivity index (χ3n) is 10.6. The van der Waals surface area contributed by atoms with E-state index in [9.17, 15) is 19.2 Å². The van der Waals surface area contributed by atoms with Crippen LogP contribution >= 0.6 is 23.1 Å². The van der Waals surface area contributed by atoms with Gasteiger partial charge in [0, 0.05) is 68.4 Å². The molecule has 0 saturated carbocycles. The Labute approximate surface area is 370 Å². The molecule has 0 spiro atoms. The minimum atomic E-state index is -0.750. The molecule has 18 nitrogen and oxygen atoms in total. The number of thiazole rings is 1. The number of fused-ring (bicyclic) bond motifs is 2. The molecule has 1 aliphatic rings. The number of halogens is 1. The summed E-state index contributed by atoms with van der Waals surface area (Å²) in [4.78, 5) is 69.9. The van der Waals surface area contributed by atoms with Crippen molar-refractivity contribution >= 4 is 80.7 Å². The molecular weight excluding hydrogens is 850 g/mol. The first kappa shape index (κ1) is 44.9. The van der Waals surface area contributed by atoms with Crippen LogP contribution in [0.2, 0.25) is 0 Å². The van der Waals surface area contributed by atoms with Gasteiger partial charge in [0.15, 0.2) is 11.5 Å². The van der Waals surface area contributed by atoms with Crippen molar-refractivity contribution in [2.45, 2.75) is 65.1 Å². The van der Waals surface area contributed by atoms with Gasteiger partial charge in [0.25, 0.3) is 11.8 Å². The van der Waals surface area contributed by atoms with Gasteiger partial charge in [-0.3, -0.25) is 34.5 Å². The van der Waals surface area contributed by atoms with E-state index in [1.54, 1.807) is 40.3 Å². The third-order valence-corrected chi connectivity index (χ3v) is 12.4. The largest absolute Gasteiger partial charge is 0.491 e. The van der Waals surface area contributed by atoms with E-state index < -0.39 is 23.5 Å². The van der Waals surface area contributed by atoms with Crippen LogP contribution in [0.4, 0.5) is 16.3 Å². The van der Waals surface area contributed by atoms with E-state index in [1.165, 1.54) is 34.7 Å². The third kappa shape index (κ3) is 9.60. The summed E-state index contributed by atoms with van der Waals surface area (Å²) >= 11 is 2.65. The molecule has 0 atom stereocenters. The SMILES string of the molecule is CCc1nc(C)sc1C(=O)Nc1nc2cc(C(N)=O)cc(OCCCN3CCNCC3)c2n1C/C=C/Cn1c(NC(=O)c2c(F)c(C)nn2CC)nc2cc(C(N)=O)cc(SC)c21. The van der Waals surface area contributed by atoms with Crippen molar-refractivity contribution in [3.05, 3.63) is 80.3 Å². The number of amides is 4. The number of benzene rings is 2. The topological polar surface area (TPSA) is 235 Å². The number of imidazole rings is 2. The standard InChI is InChI=1S/C42H50FN13O5S2/c1-6-27-36(63-24(4)47-27)40(60)51-42-48-28-19-25(37(44)57)21-30(61-18-10-13-53-16-11-46-12-17-53)33(28)54(42)14-8-9-15-55-34-29(20-26(38(45)58)22-31(34)62-5)49-41(55)50-39(59)35-32(43)23(3)52-56(35)7-2/h8-9,19-22,46H,6-7,10-18H2,1-5H3,(H2,44,57)(H2,45,58)(H,48,51,60)(H,49,50,59)/b9-8+. The normalized spacial score (nSPS) is 13.4. The van der Waals surface area contributed by atoms with Gasteiger partial charge in [0.2, 0.25) is 23.7 Å². The summed E-state index contributed by atoms with van der Waals surface area (Å²) in [6.45, 7) is 12.5. The number of nitrogens with one attached hydrogen (secondary N) is 3. The molecule has 1 aliphatic heterocycles. The number of primary amides is 2. The average Bonchev–Trinajstić information content (AvgIpc) is 4.01. The molecule has 332 valence electrons. The number of allylic oxidation sites excluding steroid dienone is 2. The Kier molecular flexibility index (Phi) is 13.9. The van der Waals surface area contributed by atoms with Crippen molar-refractivity contribution < 1.29 is 28.3 Å². The number of nitrogens with zero attached hydrogens (tertiary/aromatic N) is 8. The van der Waals surface area contributed by atoms with E-state index in [2.05, 4.69) is 35.9 Å². The minimum Gasteiger partial charge on any atom is -0.491 e. The van der Waals surface area contributed by atoms with Crippen molar-refractivity contribution in [3.8, 4) is 5.75 Å². The molecular formula is C42H50FN13O5S2. The highest BCUT2D eigenvalue weighted by Gasteiger charge is 2.26. The van der Waals surface area contributed by atoms with Gasteiger partial charge < -0.3 is 35.6 Å². The Morgan fingerprint density at radius 3 is 2.14 bits per heavy atom. The summed E-state index contributed by atoms with van der Waals surface area (Å²) in [6.07, 6.45) is 6.83. The van der Waals surface area contributed by atoms with Gasteiger partial charge in [0.1, 0.15) is 16.1 Å². The molecule has 0 unspecified atom stereocenters. The maximum Gasteiger partial charge on any atom is 0.279 e. The second-order valence-electron chi connectivity index (χ2n) is 14.8. The lowest BCUT2D eigenvalue weighted by atomic mass is 10.1. The van der Waals surface area contributed by atoms with Crippen molar-refractivity contribution in [2.24, 2.45) is 11.5 Å². The van der Waals surface area contributed by atoms with Gasteiger partial charge in [0.05, 0.1) is 39.6 Å². The monoisotopic (exact) mass is 899 g/mol. The molecule has 1 fully saturated rings. The van der Waals surface area contributed by atoms with E-state index in [0.717, 1.165) is 44.2 Å². The van der Waals surface area contributed by atoms with Crippen LogP contribution in [0.3, 0.4) is 0 Å². The fourth-order valence-electron chi connectivity index (χ4n) is 7.53. The van der Waals surface area contributed by atoms with E-state index in [1.807, 2.05) is 32.3 Å². The summed E-state index contributed by atoms with van der Waals surface area (Å²) in [6, 6.07) is 6.36. The predicted octanol–water partition coefficient (Wildman–Crippen LogP) is 4.73. The highest BCUT2D eigenvalue weighted by molar-refractivity contribution is 7.98. The van der Waals surface area contributed by atoms with Crippen LogP contribution in [-0.4, -0.2) is 108 Å². The summed E-state index contributed by atoms with van der Waals surface area (Å²) in [5, 5.41) is 14.0. The molecule has 2 aromatic carbocycles. The Morgan fingerprint density at radius 2 is 1.52 bits per heavy atom. The van der Waals surface area contributed by atoms with Crippen LogP contribution in [-0.2, 0) is 26.1 Å². The van der Waals surface area contributed by atoms with Crippen molar-refractivity contribution in [1.82, 2.24) is 44.1 Å². The van der Waals surface area contributed by atoms with E-state index in [0.29, 0.717) is 56.3 Å². The Hall–Kier alpha value is -6.16. The first-order valence-corrected chi connectivity index (χ1v) is 22.6. The van der Waals surface area contributed by atoms with Crippen molar-refractivity contribution in [1.29, 1.82) is 0 Å². The zero-order valence-electron chi connectivity index (χ0n) is 35.7. The number of anilines is 2. The molecule has 0 radical (unpaired) electrons. The number of rotatable bonds is 18. The van der Waals surface area contributed by atoms with Crippen molar-refractivity contribution in [3.63, 3.8) is 0 Å². The molecule has 21 heteroatoms. The van der Waals surface area contributed by atoms with Crippen LogP contribution in [0.5, 0.6) is 5.75 Å². The van der Waals surface area contributed by atoms with Gasteiger partial charge in [-0.15, -0.1) is 23.1 Å². The molecule has 0 bridgehead atoms. The van der Waals surface area contributed by atoms with Crippen LogP contribution in [0.1, 0.15) is 77.5 Å². The second-order valence-corrected chi connectivity index (χ2v) is 16.9. The highest BCUT2D eigenvalue weighted by Crippen LogP contribution is 2.34. The number of piperazine rings is 1. The highest BCUT2D eigenvalue weighted by atomic mass is 32.2. The maximum absolute atomic E-state index is 15.2. The van der Waals surface area contributed by atoms with Crippen LogP contribution < -0.4 is 32.2 Å². The minimum absolute atomic E-state index is 0.0828. The quantitative estimate of drug-likeness (QED) is 0.0448. The lowest BCUT2D eigenvalue weighted by Crippen LogP contribution is -2.43. The summed E-state index contributed by atoms with van der Waals surface area (Å²) < 4.78 is 26.4. The maximum atomic E-state index is 15.2. The zero-order valence-corrected chi connectivity index (χ0v) is 37.3. The average molecular weight is 900 g/mol. The number of nitrogens with two attached hydrogens (primary N) is 2. The number of carbonyl (C=O) groups excluding carboxylic acids is 4. The van der Waals surface area contributed by atoms with Crippen LogP contribution in [0.15, 0.2) is 41.3 Å². The molecule has 1 saturated heterocycles. The zero-order chi connectivity index (χ0) is 44.9. The molecule has 6 aromatic rings. The molecule has 0 aliphatic carbocycles. The first-order chi connectivity index (χ1) is 30.3. The Balaban J connectivity index is 1.26. The first-order valence-electron chi connectivity index (χ1n) is 20.6. The number of aromatic nitrogens is 7. The van der Waals surface area contributed by atoms with Crippen molar-refractivity contribution in [2.75, 3.05) is 56.2 Å². The summed E-state index contributed by atoms with van der Waals surface area (Å²) in [7, 11) is 0. The lowest BCUT2D eigenvalue weighted by molar-refractivity contribution is 0.0991. The van der Waals surface area contributed by atoms with E-state index in [4.69, 9.17) is 21.2 Å². The molecule has 4 amide bonds. The second kappa shape index (κ2) is 19.5. The molecule has 7 N–H and O–H groups in total. The van der Waals surface area contributed by atoms with Gasteiger partial charge in [-0.1, -0.05) is 19.1 Å². The number of hydrogen-bond donors (Lipinski definition) is 5. The fourth-order valence-corrected chi connectivity index (χ4v) is 9.09. The van der Waals surface area contributed by atoms with E-state index in [-0.39, 0.29) is 60.0 Å². The number of ether oxygens (including phenoxy) is 1. The number of hydrogen-bond acceptors (Lipinski definition) is 13. The molecule has 4 aromatic heterocycles. The Morgan fingerprint density at radius 1 is 0.905 bits per heavy atom. The lowest BCUT2D eigenvalue weighted by Gasteiger charge is -2.27. The molecule has 7 rings (SSSR count). The van der Waals surface area contributed by atoms with Crippen LogP contribution in [0.25, 0.3) is 22.1 Å². The predicted molar refractivity (Wildman–Crippen MR) is 242 cm³/mol. The number of thioether (sulfide) groups is 1. The summed E-state index contributed by atoms with van der Waals surface area (Å²) in [5.74, 6) is -2.50.